The van der Waals surface area contributed by atoms with Crippen LogP contribution in [-0.4, -0.2) is 22.9 Å². The highest BCUT2D eigenvalue weighted by Gasteiger charge is 2.12. The number of unbranched alkanes of at least 4 members (excludes halogenated alkanes) is 2. The number of rotatable bonds is 10. The molecule has 0 heterocycles. The van der Waals surface area contributed by atoms with E-state index in [1.165, 1.54) is 11.8 Å². The molecule has 0 fully saturated rings. The Hall–Kier alpha value is -0.510. The lowest BCUT2D eigenvalue weighted by Gasteiger charge is -2.13. The molecule has 0 aromatic heterocycles. The number of hydrogen-bond donors (Lipinski definition) is 0. The highest BCUT2D eigenvalue weighted by atomic mass is 32.2. The third kappa shape index (κ3) is 10.6. The molecule has 0 aliphatic rings. The number of carbonyl (C=O) groups excluding carboxylic acids is 2. The summed E-state index contributed by atoms with van der Waals surface area (Å²) in [5, 5.41) is 0.429. The Balaban J connectivity index is 3.70. The smallest absolute Gasteiger partial charge is 0.305 e. The third-order valence-corrected chi connectivity index (χ3v) is 3.77. The van der Waals surface area contributed by atoms with Crippen LogP contribution in [0.3, 0.4) is 0 Å². The van der Waals surface area contributed by atoms with Gasteiger partial charge in [0.1, 0.15) is 0 Å². The van der Waals surface area contributed by atoms with Crippen LogP contribution >= 0.6 is 11.8 Å². The summed E-state index contributed by atoms with van der Waals surface area (Å²) < 4.78 is 5.18. The molecule has 0 rings (SSSR count). The Labute approximate surface area is 115 Å². The van der Waals surface area contributed by atoms with Crippen LogP contribution in [0.1, 0.15) is 65.7 Å². The summed E-state index contributed by atoms with van der Waals surface area (Å²) in [6, 6.07) is 0. The number of carbonyl (C=O) groups is 2. The lowest BCUT2D eigenvalue weighted by molar-refractivity contribution is -0.143. The fourth-order valence-electron chi connectivity index (χ4n) is 1.71. The normalized spacial score (nSPS) is 12.2. The van der Waals surface area contributed by atoms with Crippen molar-refractivity contribution in [3.05, 3.63) is 0 Å². The predicted octanol–water partition coefficient (Wildman–Crippen LogP) is 3.95. The molecule has 0 aliphatic carbocycles. The third-order valence-electron chi connectivity index (χ3n) is 2.63. The maximum absolute atomic E-state index is 11.4. The first-order valence-electron chi connectivity index (χ1n) is 6.93. The molecule has 0 aromatic rings. The zero-order valence-corrected chi connectivity index (χ0v) is 12.7. The van der Waals surface area contributed by atoms with E-state index in [2.05, 4.69) is 13.8 Å². The summed E-state index contributed by atoms with van der Waals surface area (Å²) in [7, 11) is 0. The van der Waals surface area contributed by atoms with E-state index in [4.69, 9.17) is 4.74 Å². The minimum absolute atomic E-state index is 0.105. The van der Waals surface area contributed by atoms with E-state index >= 15 is 0 Å². The second kappa shape index (κ2) is 11.6. The van der Waals surface area contributed by atoms with Crippen molar-refractivity contribution >= 4 is 22.8 Å². The lowest BCUT2D eigenvalue weighted by Crippen LogP contribution is -2.12. The van der Waals surface area contributed by atoms with Crippen molar-refractivity contribution in [3.8, 4) is 0 Å². The van der Waals surface area contributed by atoms with Gasteiger partial charge in [0.2, 0.25) is 0 Å². The Morgan fingerprint density at radius 2 is 1.83 bits per heavy atom. The van der Waals surface area contributed by atoms with Crippen LogP contribution in [0.5, 0.6) is 0 Å². The van der Waals surface area contributed by atoms with Crippen molar-refractivity contribution in [2.75, 3.05) is 6.61 Å². The van der Waals surface area contributed by atoms with Crippen LogP contribution in [0.25, 0.3) is 0 Å². The molecule has 0 aliphatic heterocycles. The topological polar surface area (TPSA) is 43.4 Å². The van der Waals surface area contributed by atoms with Crippen LogP contribution in [0.15, 0.2) is 0 Å². The summed E-state index contributed by atoms with van der Waals surface area (Å²) >= 11 is 1.37. The van der Waals surface area contributed by atoms with Crippen LogP contribution in [-0.2, 0) is 14.3 Å². The Bertz CT molecular complexity index is 241. The monoisotopic (exact) mass is 274 g/mol. The van der Waals surface area contributed by atoms with E-state index in [9.17, 15) is 9.59 Å². The number of ether oxygens (including phenoxy) is 1. The van der Waals surface area contributed by atoms with E-state index < -0.39 is 0 Å². The van der Waals surface area contributed by atoms with Crippen molar-refractivity contribution in [3.63, 3.8) is 0 Å². The van der Waals surface area contributed by atoms with Gasteiger partial charge in [-0.15, -0.1) is 0 Å². The van der Waals surface area contributed by atoms with Crippen LogP contribution in [0.2, 0.25) is 0 Å². The van der Waals surface area contributed by atoms with Gasteiger partial charge in [-0.2, -0.15) is 0 Å². The van der Waals surface area contributed by atoms with Gasteiger partial charge in [0.05, 0.1) is 6.61 Å². The number of thioether (sulfide) groups is 1. The van der Waals surface area contributed by atoms with Crippen LogP contribution in [0.4, 0.5) is 0 Å². The molecule has 18 heavy (non-hydrogen) atoms. The molecule has 106 valence electrons. The molecule has 0 N–H and O–H groups in total. The number of esters is 1. The van der Waals surface area contributed by atoms with Crippen molar-refractivity contribution in [2.24, 2.45) is 0 Å². The first kappa shape index (κ1) is 17.5. The summed E-state index contributed by atoms with van der Waals surface area (Å²) in [5.41, 5.74) is 0. The van der Waals surface area contributed by atoms with Gasteiger partial charge in [-0.1, -0.05) is 44.9 Å². The summed E-state index contributed by atoms with van der Waals surface area (Å²) in [4.78, 5) is 22.4. The molecule has 0 radical (unpaired) electrons. The van der Waals surface area contributed by atoms with E-state index in [0.717, 1.165) is 38.5 Å². The molecule has 3 nitrogen and oxygen atoms in total. The average molecular weight is 274 g/mol. The quantitative estimate of drug-likeness (QED) is 0.447. The second-order valence-electron chi connectivity index (χ2n) is 4.49. The molecular weight excluding hydrogens is 248 g/mol. The highest BCUT2D eigenvalue weighted by molar-refractivity contribution is 8.14. The summed E-state index contributed by atoms with van der Waals surface area (Å²) in [6.45, 7) is 6.24. The maximum Gasteiger partial charge on any atom is 0.305 e. The standard InChI is InChI=1S/C14H26O3S/c1-4-6-7-9-14(16)17-11-10-13(8-5-2)18-12(3)15/h13H,4-11H2,1-3H3. The van der Waals surface area contributed by atoms with Crippen LogP contribution < -0.4 is 0 Å². The Kier molecular flexibility index (Phi) is 11.2. The molecule has 0 amide bonds. The molecule has 0 bridgehead atoms. The van der Waals surface area contributed by atoms with E-state index in [-0.39, 0.29) is 16.3 Å². The zero-order chi connectivity index (χ0) is 13.8. The second-order valence-corrected chi connectivity index (χ2v) is 5.96. The first-order chi connectivity index (χ1) is 8.60. The van der Waals surface area contributed by atoms with Gasteiger partial charge >= 0.3 is 5.97 Å². The molecule has 4 heteroatoms. The first-order valence-corrected chi connectivity index (χ1v) is 7.80. The predicted molar refractivity (Wildman–Crippen MR) is 76.7 cm³/mol. The van der Waals surface area contributed by atoms with Gasteiger partial charge in [0, 0.05) is 18.6 Å². The van der Waals surface area contributed by atoms with Crippen molar-refractivity contribution in [1.82, 2.24) is 0 Å². The highest BCUT2D eigenvalue weighted by Crippen LogP contribution is 2.20. The minimum atomic E-state index is -0.105. The minimum Gasteiger partial charge on any atom is -0.466 e. The maximum atomic E-state index is 11.4. The van der Waals surface area contributed by atoms with Crippen molar-refractivity contribution < 1.29 is 14.3 Å². The molecule has 1 atom stereocenters. The lowest BCUT2D eigenvalue weighted by atomic mass is 10.2. The van der Waals surface area contributed by atoms with E-state index in [1.54, 1.807) is 6.92 Å². The van der Waals surface area contributed by atoms with Gasteiger partial charge in [-0.05, 0) is 19.3 Å². The average Bonchev–Trinajstić information content (AvgIpc) is 2.29. The van der Waals surface area contributed by atoms with E-state index in [0.29, 0.717) is 13.0 Å². The fourth-order valence-corrected chi connectivity index (χ4v) is 2.75. The van der Waals surface area contributed by atoms with Gasteiger partial charge in [0.15, 0.2) is 5.12 Å². The Morgan fingerprint density at radius 3 is 2.39 bits per heavy atom. The summed E-state index contributed by atoms with van der Waals surface area (Å²) in [5.74, 6) is -0.105. The number of hydrogen-bond acceptors (Lipinski definition) is 4. The van der Waals surface area contributed by atoms with Gasteiger partial charge in [0.25, 0.3) is 0 Å². The molecule has 1 unspecified atom stereocenters. The van der Waals surface area contributed by atoms with Gasteiger partial charge in [-0.3, -0.25) is 9.59 Å². The van der Waals surface area contributed by atoms with Gasteiger partial charge in [-0.25, -0.2) is 0 Å². The molecule has 0 aromatic carbocycles. The molecule has 0 spiro atoms. The summed E-state index contributed by atoms with van der Waals surface area (Å²) in [6.07, 6.45) is 6.45. The largest absolute Gasteiger partial charge is 0.466 e. The van der Waals surface area contributed by atoms with E-state index in [1.807, 2.05) is 0 Å². The molecular formula is C14H26O3S. The van der Waals surface area contributed by atoms with Crippen molar-refractivity contribution in [1.29, 1.82) is 0 Å². The SMILES string of the molecule is CCCCCC(=O)OCCC(CCC)SC(C)=O. The molecule has 0 saturated carbocycles. The Morgan fingerprint density at radius 1 is 1.11 bits per heavy atom. The van der Waals surface area contributed by atoms with Gasteiger partial charge < -0.3 is 4.74 Å². The van der Waals surface area contributed by atoms with Crippen LogP contribution in [0, 0.1) is 0 Å². The zero-order valence-electron chi connectivity index (χ0n) is 11.9. The van der Waals surface area contributed by atoms with Crippen molar-refractivity contribution in [2.45, 2.75) is 71.0 Å². The fraction of sp³-hybridized carbons (Fsp3) is 0.857. The molecule has 0 saturated heterocycles.